The third kappa shape index (κ3) is 6.23. The van der Waals surface area contributed by atoms with Crippen LogP contribution in [0.5, 0.6) is 0 Å². The van der Waals surface area contributed by atoms with Crippen molar-refractivity contribution in [3.8, 4) is 0 Å². The molecule has 7 heteroatoms. The SMILES string of the molecule is CSCC[C@@H](NC(=O)c1ccccc1)C(=O)OCC(=O)NC1CC1. The average Bonchev–Trinajstić information content (AvgIpc) is 3.41. The standard InChI is InChI=1S/C17H22N2O4S/c1-24-10-9-14(19-16(21)12-5-3-2-4-6-12)17(22)23-11-15(20)18-13-7-8-13/h2-6,13-14H,7-11H2,1H3,(H,18,20)(H,19,21)/t14-/m1/s1. The monoisotopic (exact) mass is 350 g/mol. The summed E-state index contributed by atoms with van der Waals surface area (Å²) in [5, 5.41) is 5.44. The predicted molar refractivity (Wildman–Crippen MR) is 92.8 cm³/mol. The Morgan fingerprint density at radius 2 is 1.96 bits per heavy atom. The molecule has 0 aromatic heterocycles. The molecule has 2 amide bonds. The Bertz CT molecular complexity index is 575. The van der Waals surface area contributed by atoms with Crippen LogP contribution in [0, 0.1) is 0 Å². The van der Waals surface area contributed by atoms with Gasteiger partial charge in [0.1, 0.15) is 6.04 Å². The Morgan fingerprint density at radius 3 is 2.58 bits per heavy atom. The Labute approximate surface area is 145 Å². The maximum absolute atomic E-state index is 12.2. The number of benzene rings is 1. The van der Waals surface area contributed by atoms with Crippen LogP contribution in [-0.2, 0) is 14.3 Å². The van der Waals surface area contributed by atoms with E-state index in [0.717, 1.165) is 12.8 Å². The summed E-state index contributed by atoms with van der Waals surface area (Å²) in [5.74, 6) is -0.521. The number of hydrogen-bond acceptors (Lipinski definition) is 5. The van der Waals surface area contributed by atoms with Gasteiger partial charge in [-0.1, -0.05) is 18.2 Å². The summed E-state index contributed by atoms with van der Waals surface area (Å²) in [4.78, 5) is 36.0. The second-order valence-corrected chi connectivity index (χ2v) is 6.61. The lowest BCUT2D eigenvalue weighted by atomic mass is 10.1. The van der Waals surface area contributed by atoms with Gasteiger partial charge in [-0.25, -0.2) is 4.79 Å². The third-order valence-electron chi connectivity index (χ3n) is 3.52. The van der Waals surface area contributed by atoms with Crippen LogP contribution in [0.4, 0.5) is 0 Å². The van der Waals surface area contributed by atoms with E-state index in [-0.39, 0.29) is 24.5 Å². The second kappa shape index (κ2) is 9.32. The van der Waals surface area contributed by atoms with E-state index in [0.29, 0.717) is 17.7 Å². The molecule has 0 radical (unpaired) electrons. The molecule has 6 nitrogen and oxygen atoms in total. The molecule has 1 aliphatic rings. The van der Waals surface area contributed by atoms with Crippen molar-refractivity contribution in [3.63, 3.8) is 0 Å². The highest BCUT2D eigenvalue weighted by atomic mass is 32.2. The molecule has 1 atom stereocenters. The van der Waals surface area contributed by atoms with E-state index in [1.165, 1.54) is 0 Å². The van der Waals surface area contributed by atoms with Crippen molar-refractivity contribution in [1.82, 2.24) is 10.6 Å². The number of hydrogen-bond donors (Lipinski definition) is 2. The second-order valence-electron chi connectivity index (χ2n) is 5.62. The van der Waals surface area contributed by atoms with Crippen molar-refractivity contribution < 1.29 is 19.1 Å². The number of thioether (sulfide) groups is 1. The zero-order valence-electron chi connectivity index (χ0n) is 13.6. The summed E-state index contributed by atoms with van der Waals surface area (Å²) in [5.41, 5.74) is 0.478. The summed E-state index contributed by atoms with van der Waals surface area (Å²) >= 11 is 1.57. The van der Waals surface area contributed by atoms with Crippen molar-refractivity contribution in [1.29, 1.82) is 0 Å². The molecule has 130 valence electrons. The lowest BCUT2D eigenvalue weighted by Crippen LogP contribution is -2.43. The molecule has 0 heterocycles. The van der Waals surface area contributed by atoms with E-state index in [9.17, 15) is 14.4 Å². The molecule has 1 aromatic carbocycles. The number of rotatable bonds is 9. The molecule has 0 bridgehead atoms. The predicted octanol–water partition coefficient (Wildman–Crippen LogP) is 1.36. The highest BCUT2D eigenvalue weighted by molar-refractivity contribution is 7.98. The van der Waals surface area contributed by atoms with Crippen molar-refractivity contribution >= 4 is 29.5 Å². The van der Waals surface area contributed by atoms with Gasteiger partial charge in [0.25, 0.3) is 11.8 Å². The van der Waals surface area contributed by atoms with Gasteiger partial charge in [0.15, 0.2) is 6.61 Å². The smallest absolute Gasteiger partial charge is 0.329 e. The van der Waals surface area contributed by atoms with E-state index < -0.39 is 12.0 Å². The molecule has 1 fully saturated rings. The summed E-state index contributed by atoms with van der Waals surface area (Å²) in [7, 11) is 0. The minimum Gasteiger partial charge on any atom is -0.454 e. The quantitative estimate of drug-likeness (QED) is 0.657. The highest BCUT2D eigenvalue weighted by Gasteiger charge is 2.26. The molecular weight excluding hydrogens is 328 g/mol. The molecule has 0 aliphatic heterocycles. The Hall–Kier alpha value is -2.02. The van der Waals surface area contributed by atoms with E-state index in [1.807, 2.05) is 12.3 Å². The fourth-order valence-electron chi connectivity index (χ4n) is 2.05. The first-order valence-corrected chi connectivity index (χ1v) is 9.30. The van der Waals surface area contributed by atoms with Crippen LogP contribution in [0.1, 0.15) is 29.6 Å². The molecule has 0 unspecified atom stereocenters. The van der Waals surface area contributed by atoms with Crippen LogP contribution in [0.15, 0.2) is 30.3 Å². The van der Waals surface area contributed by atoms with Crippen LogP contribution >= 0.6 is 11.8 Å². The van der Waals surface area contributed by atoms with Crippen LogP contribution in [0.3, 0.4) is 0 Å². The van der Waals surface area contributed by atoms with Crippen molar-refractivity contribution in [2.75, 3.05) is 18.6 Å². The fourth-order valence-corrected chi connectivity index (χ4v) is 2.52. The van der Waals surface area contributed by atoms with Crippen LogP contribution < -0.4 is 10.6 Å². The lowest BCUT2D eigenvalue weighted by Gasteiger charge is -2.17. The zero-order chi connectivity index (χ0) is 17.4. The van der Waals surface area contributed by atoms with Crippen molar-refractivity contribution in [3.05, 3.63) is 35.9 Å². The number of esters is 1. The van der Waals surface area contributed by atoms with Gasteiger partial charge in [-0.3, -0.25) is 9.59 Å². The molecular formula is C17H22N2O4S. The molecule has 0 saturated heterocycles. The summed E-state index contributed by atoms with van der Waals surface area (Å²) in [6.07, 6.45) is 4.32. The fraction of sp³-hybridized carbons (Fsp3) is 0.471. The van der Waals surface area contributed by atoms with Crippen LogP contribution in [0.25, 0.3) is 0 Å². The van der Waals surface area contributed by atoms with Crippen molar-refractivity contribution in [2.24, 2.45) is 0 Å². The van der Waals surface area contributed by atoms with Gasteiger partial charge in [0.05, 0.1) is 0 Å². The van der Waals surface area contributed by atoms with Gasteiger partial charge in [-0.2, -0.15) is 11.8 Å². The van der Waals surface area contributed by atoms with E-state index in [4.69, 9.17) is 4.74 Å². The molecule has 1 aliphatic carbocycles. The van der Waals surface area contributed by atoms with Gasteiger partial charge in [0, 0.05) is 11.6 Å². The first-order valence-electron chi connectivity index (χ1n) is 7.91. The Balaban J connectivity index is 1.86. The third-order valence-corrected chi connectivity index (χ3v) is 4.17. The molecule has 1 saturated carbocycles. The summed E-state index contributed by atoms with van der Waals surface area (Å²) in [6, 6.07) is 8.14. The van der Waals surface area contributed by atoms with E-state index in [2.05, 4.69) is 10.6 Å². The lowest BCUT2D eigenvalue weighted by molar-refractivity contribution is -0.150. The Kier molecular flexibility index (Phi) is 7.11. The molecule has 1 aromatic rings. The van der Waals surface area contributed by atoms with Crippen LogP contribution in [0.2, 0.25) is 0 Å². The number of carbonyl (C=O) groups is 3. The summed E-state index contributed by atoms with van der Waals surface area (Å²) in [6.45, 7) is -0.313. The largest absolute Gasteiger partial charge is 0.454 e. The molecule has 24 heavy (non-hydrogen) atoms. The van der Waals surface area contributed by atoms with Gasteiger partial charge < -0.3 is 15.4 Å². The minimum atomic E-state index is -0.765. The average molecular weight is 350 g/mol. The van der Waals surface area contributed by atoms with Crippen LogP contribution in [-0.4, -0.2) is 48.5 Å². The molecule has 2 rings (SSSR count). The zero-order valence-corrected chi connectivity index (χ0v) is 14.4. The van der Waals surface area contributed by atoms with E-state index >= 15 is 0 Å². The number of amides is 2. The number of ether oxygens (including phenoxy) is 1. The van der Waals surface area contributed by atoms with Gasteiger partial charge in [0.2, 0.25) is 0 Å². The first kappa shape index (κ1) is 18.3. The number of nitrogens with one attached hydrogen (secondary N) is 2. The van der Waals surface area contributed by atoms with Crippen molar-refractivity contribution in [2.45, 2.75) is 31.3 Å². The normalized spacial score (nSPS) is 14.5. The minimum absolute atomic E-state index is 0.223. The van der Waals surface area contributed by atoms with Gasteiger partial charge in [-0.05, 0) is 43.4 Å². The highest BCUT2D eigenvalue weighted by Crippen LogP contribution is 2.18. The topological polar surface area (TPSA) is 84.5 Å². The summed E-state index contributed by atoms with van der Waals surface area (Å²) < 4.78 is 5.05. The van der Waals surface area contributed by atoms with Gasteiger partial charge in [-0.15, -0.1) is 0 Å². The maximum atomic E-state index is 12.2. The molecule has 0 spiro atoms. The number of carbonyl (C=O) groups excluding carboxylic acids is 3. The first-order chi connectivity index (χ1) is 11.6. The van der Waals surface area contributed by atoms with Gasteiger partial charge >= 0.3 is 5.97 Å². The van der Waals surface area contributed by atoms with E-state index in [1.54, 1.807) is 36.0 Å². The Morgan fingerprint density at radius 1 is 1.25 bits per heavy atom. The maximum Gasteiger partial charge on any atom is 0.329 e. The molecule has 2 N–H and O–H groups in total.